The largest absolute Gasteiger partial charge is 0.462 e. The minimum Gasteiger partial charge on any atom is -0.462 e. The van der Waals surface area contributed by atoms with E-state index < -0.39 is 87.8 Å². The van der Waals surface area contributed by atoms with Crippen molar-refractivity contribution in [1.29, 1.82) is 0 Å². The Labute approximate surface area is 231 Å². The molecule has 2 rings (SSSR count). The SMILES string of the molecule is CCOC(=O)c1c(OC(=O)C(=O)Oc2c(Cl)cc(Cl)c([N+](=O)[O-])c2C(=O)OCC)c(Cl)cc(Cl)c1[N+](=O)[O-]. The first kappa shape index (κ1) is 30.5. The van der Waals surface area contributed by atoms with Crippen LogP contribution in [0.1, 0.15) is 34.6 Å². The van der Waals surface area contributed by atoms with Crippen LogP contribution in [0.4, 0.5) is 11.4 Å². The summed E-state index contributed by atoms with van der Waals surface area (Å²) in [6.45, 7) is 2.21. The number of nitro groups is 2. The van der Waals surface area contributed by atoms with Crippen molar-refractivity contribution in [2.75, 3.05) is 13.2 Å². The van der Waals surface area contributed by atoms with Gasteiger partial charge in [-0.2, -0.15) is 0 Å². The number of esters is 4. The summed E-state index contributed by atoms with van der Waals surface area (Å²) in [5.74, 6) is -8.61. The maximum Gasteiger partial charge on any atom is 0.423 e. The fourth-order valence-corrected chi connectivity index (χ4v) is 3.93. The molecular weight excluding hydrogens is 602 g/mol. The number of halogens is 4. The van der Waals surface area contributed by atoms with Crippen molar-refractivity contribution < 1.29 is 48.0 Å². The molecule has 0 aliphatic rings. The summed E-state index contributed by atoms with van der Waals surface area (Å²) in [5.41, 5.74) is -4.09. The summed E-state index contributed by atoms with van der Waals surface area (Å²) in [6, 6.07) is 1.52. The van der Waals surface area contributed by atoms with Crippen LogP contribution in [-0.4, -0.2) is 46.9 Å². The quantitative estimate of drug-likeness (QED) is 0.128. The molecule has 0 aromatic heterocycles. The molecule has 0 unspecified atom stereocenters. The van der Waals surface area contributed by atoms with Gasteiger partial charge in [0, 0.05) is 0 Å². The van der Waals surface area contributed by atoms with E-state index in [2.05, 4.69) is 0 Å². The molecule has 2 aromatic rings. The van der Waals surface area contributed by atoms with Crippen LogP contribution in [0.5, 0.6) is 11.5 Å². The Bertz CT molecular complexity index is 1280. The fourth-order valence-electron chi connectivity index (χ4n) is 2.79. The molecule has 0 aliphatic heterocycles. The topological polar surface area (TPSA) is 191 Å². The van der Waals surface area contributed by atoms with Gasteiger partial charge in [0.1, 0.15) is 10.0 Å². The molecule has 0 saturated heterocycles. The lowest BCUT2D eigenvalue weighted by Gasteiger charge is -2.14. The molecule has 2 aromatic carbocycles. The summed E-state index contributed by atoms with van der Waals surface area (Å²) in [5, 5.41) is 20.5. The zero-order valence-electron chi connectivity index (χ0n) is 18.9. The monoisotopic (exact) mass is 612 g/mol. The van der Waals surface area contributed by atoms with Crippen LogP contribution in [-0.2, 0) is 19.1 Å². The predicted molar refractivity (Wildman–Crippen MR) is 129 cm³/mol. The lowest BCUT2D eigenvalue weighted by molar-refractivity contribution is -0.385. The number of nitrogens with zero attached hydrogens (tertiary/aromatic N) is 2. The van der Waals surface area contributed by atoms with Crippen molar-refractivity contribution in [3.05, 3.63) is 63.6 Å². The summed E-state index contributed by atoms with van der Waals surface area (Å²) in [4.78, 5) is 70.7. The Morgan fingerprint density at radius 2 is 1.00 bits per heavy atom. The molecule has 0 amide bonds. The standard InChI is InChI=1S/C20H12Cl4N2O12/c1-3-35-17(27)11-13(25(31)32)7(21)5-9(23)15(11)37-19(29)20(30)38-16-10(24)6-8(22)14(26(33)34)12(16)18(28)36-4-2/h5-6H,3-4H2,1-2H3. The molecule has 0 heterocycles. The van der Waals surface area contributed by atoms with E-state index in [1.807, 2.05) is 0 Å². The average Bonchev–Trinajstić information content (AvgIpc) is 2.81. The first-order chi connectivity index (χ1) is 17.8. The molecular formula is C20H12Cl4N2O12. The van der Waals surface area contributed by atoms with E-state index in [1.165, 1.54) is 13.8 Å². The summed E-state index contributed by atoms with van der Waals surface area (Å²) < 4.78 is 19.0. The van der Waals surface area contributed by atoms with Gasteiger partial charge in [0.05, 0.1) is 33.1 Å². The maximum atomic E-state index is 12.5. The van der Waals surface area contributed by atoms with E-state index in [0.717, 1.165) is 12.1 Å². The number of rotatable bonds is 8. The van der Waals surface area contributed by atoms with Crippen LogP contribution in [0.3, 0.4) is 0 Å². The second-order valence-electron chi connectivity index (χ2n) is 6.52. The second kappa shape index (κ2) is 12.7. The first-order valence-electron chi connectivity index (χ1n) is 9.87. The van der Waals surface area contributed by atoms with Crippen LogP contribution in [0.25, 0.3) is 0 Å². The highest BCUT2D eigenvalue weighted by atomic mass is 35.5. The minimum absolute atomic E-state index is 0.264. The lowest BCUT2D eigenvalue weighted by Crippen LogP contribution is -2.27. The minimum atomic E-state index is -1.95. The van der Waals surface area contributed by atoms with Crippen LogP contribution in [0.15, 0.2) is 12.1 Å². The molecule has 0 atom stereocenters. The van der Waals surface area contributed by atoms with E-state index in [1.54, 1.807) is 0 Å². The van der Waals surface area contributed by atoms with Crippen LogP contribution in [0, 0.1) is 20.2 Å². The smallest absolute Gasteiger partial charge is 0.423 e. The van der Waals surface area contributed by atoms with Crippen molar-refractivity contribution in [2.24, 2.45) is 0 Å². The fraction of sp³-hybridized carbons (Fsp3) is 0.200. The molecule has 0 bridgehead atoms. The molecule has 0 radical (unpaired) electrons. The van der Waals surface area contributed by atoms with E-state index in [4.69, 9.17) is 65.4 Å². The molecule has 0 N–H and O–H groups in total. The molecule has 0 spiro atoms. The van der Waals surface area contributed by atoms with E-state index in [-0.39, 0.29) is 13.2 Å². The zero-order valence-corrected chi connectivity index (χ0v) is 21.9. The molecule has 0 fully saturated rings. The zero-order chi connectivity index (χ0) is 28.9. The van der Waals surface area contributed by atoms with Gasteiger partial charge in [0.15, 0.2) is 22.6 Å². The van der Waals surface area contributed by atoms with Gasteiger partial charge in [-0.3, -0.25) is 20.2 Å². The van der Waals surface area contributed by atoms with Crippen molar-refractivity contribution in [3.8, 4) is 11.5 Å². The molecule has 14 nitrogen and oxygen atoms in total. The average molecular weight is 614 g/mol. The lowest BCUT2D eigenvalue weighted by atomic mass is 10.1. The van der Waals surface area contributed by atoms with E-state index in [9.17, 15) is 39.4 Å². The third kappa shape index (κ3) is 6.39. The number of carbonyl (C=O) groups is 4. The third-order valence-electron chi connectivity index (χ3n) is 4.20. The predicted octanol–water partition coefficient (Wildman–Crippen LogP) is 4.98. The normalized spacial score (nSPS) is 10.4. The van der Waals surface area contributed by atoms with E-state index in [0.29, 0.717) is 0 Å². The highest BCUT2D eigenvalue weighted by molar-refractivity contribution is 6.40. The highest BCUT2D eigenvalue weighted by Gasteiger charge is 2.37. The van der Waals surface area contributed by atoms with Crippen LogP contribution in [0.2, 0.25) is 20.1 Å². The second-order valence-corrected chi connectivity index (χ2v) is 8.15. The Morgan fingerprint density at radius 3 is 1.26 bits per heavy atom. The number of benzene rings is 2. The van der Waals surface area contributed by atoms with Gasteiger partial charge < -0.3 is 18.9 Å². The van der Waals surface area contributed by atoms with Gasteiger partial charge in [0.2, 0.25) is 0 Å². The van der Waals surface area contributed by atoms with Crippen LogP contribution < -0.4 is 9.47 Å². The maximum absolute atomic E-state index is 12.5. The van der Waals surface area contributed by atoms with Crippen molar-refractivity contribution >= 4 is 81.7 Å². The van der Waals surface area contributed by atoms with Crippen molar-refractivity contribution in [2.45, 2.75) is 13.8 Å². The Balaban J connectivity index is 2.59. The van der Waals surface area contributed by atoms with Crippen LogP contribution >= 0.6 is 46.4 Å². The number of hydrogen-bond acceptors (Lipinski definition) is 12. The molecule has 18 heteroatoms. The molecule has 0 saturated carbocycles. The molecule has 0 aliphatic carbocycles. The number of nitro benzene ring substituents is 2. The van der Waals surface area contributed by atoms with Crippen molar-refractivity contribution in [3.63, 3.8) is 0 Å². The summed E-state index contributed by atoms with van der Waals surface area (Å²) in [7, 11) is 0. The molecule has 38 heavy (non-hydrogen) atoms. The Hall–Kier alpha value is -3.72. The van der Waals surface area contributed by atoms with Crippen molar-refractivity contribution in [1.82, 2.24) is 0 Å². The van der Waals surface area contributed by atoms with Gasteiger partial charge in [-0.15, -0.1) is 0 Å². The highest BCUT2D eigenvalue weighted by Crippen LogP contribution is 2.43. The third-order valence-corrected chi connectivity index (χ3v) is 5.34. The number of carbonyl (C=O) groups excluding carboxylic acids is 4. The van der Waals surface area contributed by atoms with E-state index >= 15 is 0 Å². The number of ether oxygens (including phenoxy) is 4. The van der Waals surface area contributed by atoms with Gasteiger partial charge in [-0.25, -0.2) is 19.2 Å². The summed E-state index contributed by atoms with van der Waals surface area (Å²) in [6.07, 6.45) is 0. The Morgan fingerprint density at radius 1 is 0.684 bits per heavy atom. The van der Waals surface area contributed by atoms with Gasteiger partial charge in [-0.1, -0.05) is 46.4 Å². The molecule has 202 valence electrons. The Kier molecular flexibility index (Phi) is 10.2. The van der Waals surface area contributed by atoms with Gasteiger partial charge in [0.25, 0.3) is 0 Å². The van der Waals surface area contributed by atoms with Gasteiger partial charge >= 0.3 is 35.3 Å². The number of hydrogen-bond donors (Lipinski definition) is 0. The summed E-state index contributed by atoms with van der Waals surface area (Å²) >= 11 is 23.5. The van der Waals surface area contributed by atoms with Gasteiger partial charge in [-0.05, 0) is 26.0 Å². The first-order valence-corrected chi connectivity index (χ1v) is 11.4.